The van der Waals surface area contributed by atoms with E-state index in [9.17, 15) is 9.59 Å². The number of benzene rings is 1. The molecule has 0 fully saturated rings. The number of nitrogens with one attached hydrogen (secondary N) is 1. The number of amides is 1. The molecular formula is C15H22N2O4. The molecule has 0 aliphatic carbocycles. The summed E-state index contributed by atoms with van der Waals surface area (Å²) in [6, 6.07) is 4.86. The Labute approximate surface area is 124 Å². The molecule has 0 aliphatic rings. The summed E-state index contributed by atoms with van der Waals surface area (Å²) in [4.78, 5) is 23.9. The van der Waals surface area contributed by atoms with Crippen LogP contribution in [0.25, 0.3) is 0 Å². The van der Waals surface area contributed by atoms with Crippen molar-refractivity contribution in [3.63, 3.8) is 0 Å². The number of methoxy groups -OCH3 is 1. The third-order valence-corrected chi connectivity index (χ3v) is 2.97. The van der Waals surface area contributed by atoms with Gasteiger partial charge in [0.15, 0.2) is 6.10 Å². The second kappa shape index (κ2) is 8.14. The largest absolute Gasteiger partial charge is 0.496 e. The smallest absolute Gasteiger partial charge is 0.344 e. The minimum atomic E-state index is -0.890. The van der Waals surface area contributed by atoms with Gasteiger partial charge in [-0.2, -0.15) is 0 Å². The molecule has 1 rings (SSSR count). The third-order valence-electron chi connectivity index (χ3n) is 2.97. The Balaban J connectivity index is 2.71. The van der Waals surface area contributed by atoms with E-state index >= 15 is 0 Å². The second-order valence-corrected chi connectivity index (χ2v) is 4.62. The van der Waals surface area contributed by atoms with E-state index in [1.807, 2.05) is 6.92 Å². The number of ether oxygens (including phenoxy) is 2. The lowest BCUT2D eigenvalue weighted by Gasteiger charge is -2.15. The molecule has 6 heteroatoms. The van der Waals surface area contributed by atoms with Gasteiger partial charge < -0.3 is 20.5 Å². The van der Waals surface area contributed by atoms with Crippen LogP contribution in [0.3, 0.4) is 0 Å². The molecule has 1 amide bonds. The first-order chi connectivity index (χ1) is 10.0. The summed E-state index contributed by atoms with van der Waals surface area (Å²) >= 11 is 0. The number of unbranched alkanes of at least 4 members (excludes halogenated alkanes) is 1. The molecule has 0 saturated heterocycles. The van der Waals surface area contributed by atoms with Gasteiger partial charge in [0, 0.05) is 12.2 Å². The van der Waals surface area contributed by atoms with E-state index in [1.54, 1.807) is 18.2 Å². The molecule has 0 spiro atoms. The van der Waals surface area contributed by atoms with Gasteiger partial charge in [0.1, 0.15) is 11.3 Å². The minimum Gasteiger partial charge on any atom is -0.496 e. The van der Waals surface area contributed by atoms with Crippen molar-refractivity contribution in [2.24, 2.45) is 0 Å². The van der Waals surface area contributed by atoms with Gasteiger partial charge in [-0.15, -0.1) is 0 Å². The van der Waals surface area contributed by atoms with E-state index in [2.05, 4.69) is 5.32 Å². The van der Waals surface area contributed by atoms with Crippen LogP contribution in [0.2, 0.25) is 0 Å². The van der Waals surface area contributed by atoms with Gasteiger partial charge in [-0.1, -0.05) is 19.4 Å². The number of hydrogen-bond donors (Lipinski definition) is 2. The monoisotopic (exact) mass is 294 g/mol. The molecule has 1 aromatic rings. The Morgan fingerprint density at radius 1 is 1.38 bits per heavy atom. The molecule has 116 valence electrons. The van der Waals surface area contributed by atoms with Gasteiger partial charge in [0.2, 0.25) is 0 Å². The molecule has 21 heavy (non-hydrogen) atoms. The van der Waals surface area contributed by atoms with Crippen molar-refractivity contribution >= 4 is 17.6 Å². The first kappa shape index (κ1) is 16.8. The van der Waals surface area contributed by atoms with Crippen molar-refractivity contribution in [1.82, 2.24) is 5.32 Å². The van der Waals surface area contributed by atoms with Crippen LogP contribution in [0.4, 0.5) is 5.69 Å². The van der Waals surface area contributed by atoms with Crippen molar-refractivity contribution < 1.29 is 19.1 Å². The molecule has 1 aromatic carbocycles. The Morgan fingerprint density at radius 2 is 2.10 bits per heavy atom. The van der Waals surface area contributed by atoms with Crippen LogP contribution in [0.5, 0.6) is 5.75 Å². The van der Waals surface area contributed by atoms with Crippen molar-refractivity contribution in [3.05, 3.63) is 23.8 Å². The van der Waals surface area contributed by atoms with E-state index in [-0.39, 0.29) is 17.2 Å². The molecule has 6 nitrogen and oxygen atoms in total. The summed E-state index contributed by atoms with van der Waals surface area (Å²) in [5.41, 5.74) is 6.15. The standard InChI is InChI=1S/C15H22N2O4/c1-4-5-9-17-14(18)10(2)21-15(19)13-11(16)7-6-8-12(13)20-3/h6-8,10H,4-5,9,16H2,1-3H3,(H,17,18). The van der Waals surface area contributed by atoms with Gasteiger partial charge in [0.25, 0.3) is 5.91 Å². The first-order valence-electron chi connectivity index (χ1n) is 6.92. The van der Waals surface area contributed by atoms with Crippen LogP contribution >= 0.6 is 0 Å². The third kappa shape index (κ3) is 4.66. The van der Waals surface area contributed by atoms with Crippen molar-refractivity contribution in [1.29, 1.82) is 0 Å². The number of hydrogen-bond acceptors (Lipinski definition) is 5. The second-order valence-electron chi connectivity index (χ2n) is 4.62. The van der Waals surface area contributed by atoms with E-state index in [0.29, 0.717) is 12.3 Å². The summed E-state index contributed by atoms with van der Waals surface area (Å²) in [6.45, 7) is 4.11. The number of anilines is 1. The van der Waals surface area contributed by atoms with Crippen LogP contribution in [0.15, 0.2) is 18.2 Å². The van der Waals surface area contributed by atoms with Crippen LogP contribution in [0, 0.1) is 0 Å². The van der Waals surface area contributed by atoms with Gasteiger partial charge in [-0.3, -0.25) is 4.79 Å². The first-order valence-corrected chi connectivity index (χ1v) is 6.92. The van der Waals surface area contributed by atoms with Gasteiger partial charge in [0.05, 0.1) is 7.11 Å². The summed E-state index contributed by atoms with van der Waals surface area (Å²) < 4.78 is 10.2. The van der Waals surface area contributed by atoms with Crippen LogP contribution in [-0.4, -0.2) is 31.6 Å². The van der Waals surface area contributed by atoms with E-state index in [1.165, 1.54) is 14.0 Å². The number of esters is 1. The number of rotatable bonds is 7. The van der Waals surface area contributed by atoms with Crippen molar-refractivity contribution in [3.8, 4) is 5.75 Å². The maximum Gasteiger partial charge on any atom is 0.344 e. The summed E-state index contributed by atoms with van der Waals surface area (Å²) in [6.07, 6.45) is 0.969. The zero-order valence-corrected chi connectivity index (χ0v) is 12.6. The van der Waals surface area contributed by atoms with Crippen LogP contribution in [-0.2, 0) is 9.53 Å². The molecule has 0 radical (unpaired) electrons. The molecule has 0 bridgehead atoms. The lowest BCUT2D eigenvalue weighted by molar-refractivity contribution is -0.129. The minimum absolute atomic E-state index is 0.133. The van der Waals surface area contributed by atoms with Crippen molar-refractivity contribution in [2.45, 2.75) is 32.8 Å². The Morgan fingerprint density at radius 3 is 2.71 bits per heavy atom. The molecular weight excluding hydrogens is 272 g/mol. The van der Waals surface area contributed by atoms with E-state index < -0.39 is 12.1 Å². The van der Waals surface area contributed by atoms with Gasteiger partial charge in [-0.05, 0) is 25.5 Å². The normalized spacial score (nSPS) is 11.6. The number of carbonyl (C=O) groups excluding carboxylic acids is 2. The fraction of sp³-hybridized carbons (Fsp3) is 0.467. The fourth-order valence-corrected chi connectivity index (χ4v) is 1.74. The Hall–Kier alpha value is -2.24. The maximum atomic E-state index is 12.1. The highest BCUT2D eigenvalue weighted by Crippen LogP contribution is 2.25. The highest BCUT2D eigenvalue weighted by molar-refractivity contribution is 5.99. The molecule has 1 unspecified atom stereocenters. The highest BCUT2D eigenvalue weighted by Gasteiger charge is 2.22. The molecule has 0 saturated carbocycles. The topological polar surface area (TPSA) is 90.7 Å². The molecule has 0 heterocycles. The fourth-order valence-electron chi connectivity index (χ4n) is 1.74. The maximum absolute atomic E-state index is 12.1. The molecule has 0 aromatic heterocycles. The average molecular weight is 294 g/mol. The SMILES string of the molecule is CCCCNC(=O)C(C)OC(=O)c1c(N)cccc1OC. The number of nitrogens with two attached hydrogens (primary N) is 1. The molecule has 0 aliphatic heterocycles. The lowest BCUT2D eigenvalue weighted by Crippen LogP contribution is -2.36. The predicted molar refractivity (Wildman–Crippen MR) is 80.2 cm³/mol. The lowest BCUT2D eigenvalue weighted by atomic mass is 10.1. The summed E-state index contributed by atoms with van der Waals surface area (Å²) in [5, 5.41) is 2.70. The van der Waals surface area contributed by atoms with E-state index in [0.717, 1.165) is 12.8 Å². The quantitative estimate of drug-likeness (QED) is 0.454. The molecule has 3 N–H and O–H groups in total. The zero-order valence-electron chi connectivity index (χ0n) is 12.6. The molecule has 1 atom stereocenters. The number of carbonyl (C=O) groups is 2. The zero-order chi connectivity index (χ0) is 15.8. The average Bonchev–Trinajstić information content (AvgIpc) is 2.46. The Bertz CT molecular complexity index is 502. The van der Waals surface area contributed by atoms with Crippen LogP contribution < -0.4 is 15.8 Å². The van der Waals surface area contributed by atoms with Crippen molar-refractivity contribution in [2.75, 3.05) is 19.4 Å². The summed E-state index contributed by atoms with van der Waals surface area (Å²) in [7, 11) is 1.44. The summed E-state index contributed by atoms with van der Waals surface area (Å²) in [5.74, 6) is -0.688. The Kier molecular flexibility index (Phi) is 6.52. The number of nitrogen functional groups attached to an aromatic ring is 1. The predicted octanol–water partition coefficient (Wildman–Crippen LogP) is 1.74. The van der Waals surface area contributed by atoms with Crippen LogP contribution in [0.1, 0.15) is 37.0 Å². The van der Waals surface area contributed by atoms with Gasteiger partial charge in [-0.25, -0.2) is 4.79 Å². The van der Waals surface area contributed by atoms with Gasteiger partial charge >= 0.3 is 5.97 Å². The van der Waals surface area contributed by atoms with E-state index in [4.69, 9.17) is 15.2 Å². The highest BCUT2D eigenvalue weighted by atomic mass is 16.5.